The second-order valence-corrected chi connectivity index (χ2v) is 10.2. The summed E-state index contributed by atoms with van der Waals surface area (Å²) in [4.78, 5) is 16.0. The lowest BCUT2D eigenvalue weighted by molar-refractivity contribution is -0.136. The molecule has 4 heterocycles. The summed E-state index contributed by atoms with van der Waals surface area (Å²) < 4.78 is 36.1. The van der Waals surface area contributed by atoms with Gasteiger partial charge in [-0.15, -0.1) is 0 Å². The Morgan fingerprint density at radius 2 is 2.00 bits per heavy atom. The van der Waals surface area contributed by atoms with E-state index >= 15 is 0 Å². The number of methoxy groups -OCH3 is 1. The smallest absolute Gasteiger partial charge is 0.307 e. The second kappa shape index (κ2) is 8.79. The van der Waals surface area contributed by atoms with E-state index in [-0.39, 0.29) is 17.4 Å². The van der Waals surface area contributed by atoms with Gasteiger partial charge in [0.15, 0.2) is 0 Å². The van der Waals surface area contributed by atoms with Crippen LogP contribution in [0.4, 0.5) is 0 Å². The zero-order valence-electron chi connectivity index (χ0n) is 18.6. The Hall–Kier alpha value is -3.34. The third-order valence-electron chi connectivity index (χ3n) is 6.32. The topological polar surface area (TPSA) is 114 Å². The quantitative estimate of drug-likeness (QED) is 0.451. The Bertz CT molecular complexity index is 1490. The first kappa shape index (κ1) is 22.5. The van der Waals surface area contributed by atoms with Crippen molar-refractivity contribution < 1.29 is 23.1 Å². The Balaban J connectivity index is 1.69. The molecule has 1 fully saturated rings. The van der Waals surface area contributed by atoms with Crippen molar-refractivity contribution >= 4 is 32.4 Å². The molecular formula is C24H24N4O5S. The van der Waals surface area contributed by atoms with Crippen LogP contribution in [0.1, 0.15) is 18.4 Å². The highest BCUT2D eigenvalue weighted by Crippen LogP contribution is 2.36. The van der Waals surface area contributed by atoms with E-state index in [1.807, 2.05) is 6.07 Å². The number of hydrogen-bond donors (Lipinski definition) is 1. The third-order valence-corrected chi connectivity index (χ3v) is 8.26. The molecule has 1 aromatic carbocycles. The minimum Gasteiger partial charge on any atom is -0.481 e. The van der Waals surface area contributed by atoms with Gasteiger partial charge in [-0.05, 0) is 42.7 Å². The number of carboxylic acids is 1. The molecule has 5 rings (SSSR count). The molecule has 0 atom stereocenters. The number of carboxylic acid groups (broad SMARTS) is 1. The zero-order chi connectivity index (χ0) is 23.9. The molecule has 4 aromatic rings. The molecule has 1 N–H and O–H groups in total. The molecular weight excluding hydrogens is 456 g/mol. The number of benzene rings is 1. The Morgan fingerprint density at radius 3 is 2.74 bits per heavy atom. The van der Waals surface area contributed by atoms with Gasteiger partial charge in [0.2, 0.25) is 10.0 Å². The van der Waals surface area contributed by atoms with Gasteiger partial charge in [-0.2, -0.15) is 9.40 Å². The lowest BCUT2D eigenvalue weighted by Crippen LogP contribution is -2.40. The number of hydrogen-bond acceptors (Lipinski definition) is 6. The molecule has 176 valence electrons. The minimum atomic E-state index is -3.81. The highest BCUT2D eigenvalue weighted by atomic mass is 32.2. The maximum atomic E-state index is 13.8. The van der Waals surface area contributed by atoms with Gasteiger partial charge >= 0.3 is 5.97 Å². The number of piperidine rings is 1. The van der Waals surface area contributed by atoms with Crippen LogP contribution in [0.15, 0.2) is 59.9 Å². The monoisotopic (exact) mass is 480 g/mol. The van der Waals surface area contributed by atoms with Gasteiger partial charge in [0.1, 0.15) is 0 Å². The lowest BCUT2D eigenvalue weighted by atomic mass is 10.0. The normalized spacial score (nSPS) is 15.8. The molecule has 0 radical (unpaired) electrons. The number of nitrogens with zero attached hydrogens (tertiary/aromatic N) is 4. The number of aromatic nitrogens is 3. The van der Waals surface area contributed by atoms with Gasteiger partial charge in [-0.3, -0.25) is 9.78 Å². The highest BCUT2D eigenvalue weighted by Gasteiger charge is 2.32. The van der Waals surface area contributed by atoms with Crippen LogP contribution in [0.5, 0.6) is 0 Å². The number of ether oxygens (including phenoxy) is 1. The zero-order valence-corrected chi connectivity index (χ0v) is 19.4. The number of sulfonamides is 1. The minimum absolute atomic E-state index is 0.0566. The van der Waals surface area contributed by atoms with Crippen LogP contribution < -0.4 is 0 Å². The SMILES string of the molecule is COC1CCN(S(=O)(=O)c2ccc3cccnc3c2-c2ccn3ncc(CC(=O)O)c3c2)CC1. The maximum absolute atomic E-state index is 13.8. The first-order chi connectivity index (χ1) is 16.4. The fraction of sp³-hybridized carbons (Fsp3) is 0.292. The van der Waals surface area contributed by atoms with Crippen LogP contribution >= 0.6 is 0 Å². The number of fused-ring (bicyclic) bond motifs is 2. The average molecular weight is 481 g/mol. The molecule has 0 unspecified atom stereocenters. The summed E-state index contributed by atoms with van der Waals surface area (Å²) >= 11 is 0. The van der Waals surface area contributed by atoms with E-state index in [1.54, 1.807) is 54.4 Å². The molecule has 34 heavy (non-hydrogen) atoms. The third kappa shape index (κ3) is 3.93. The summed E-state index contributed by atoms with van der Waals surface area (Å²) in [6.45, 7) is 0.760. The van der Waals surface area contributed by atoms with Gasteiger partial charge in [0, 0.05) is 49.1 Å². The van der Waals surface area contributed by atoms with Crippen molar-refractivity contribution in [2.75, 3.05) is 20.2 Å². The second-order valence-electron chi connectivity index (χ2n) is 8.34. The predicted octanol–water partition coefficient (Wildman–Crippen LogP) is 2.98. The van der Waals surface area contributed by atoms with E-state index in [1.165, 1.54) is 10.5 Å². The lowest BCUT2D eigenvalue weighted by Gasteiger charge is -2.31. The van der Waals surface area contributed by atoms with E-state index in [0.29, 0.717) is 53.7 Å². The van der Waals surface area contributed by atoms with Crippen LogP contribution in [0.3, 0.4) is 0 Å². The van der Waals surface area contributed by atoms with Gasteiger partial charge in [-0.1, -0.05) is 12.1 Å². The average Bonchev–Trinajstić information content (AvgIpc) is 3.24. The van der Waals surface area contributed by atoms with Crippen molar-refractivity contribution in [1.29, 1.82) is 0 Å². The number of carbonyl (C=O) groups is 1. The Labute approximate surface area is 196 Å². The van der Waals surface area contributed by atoms with Crippen LogP contribution in [0, 0.1) is 0 Å². The summed E-state index contributed by atoms with van der Waals surface area (Å²) in [5, 5.41) is 14.3. The number of pyridine rings is 2. The fourth-order valence-corrected chi connectivity index (χ4v) is 6.24. The molecule has 1 saturated heterocycles. The van der Waals surface area contributed by atoms with Crippen LogP contribution in [-0.2, 0) is 26.0 Å². The van der Waals surface area contributed by atoms with E-state index in [2.05, 4.69) is 10.1 Å². The van der Waals surface area contributed by atoms with Gasteiger partial charge in [0.25, 0.3) is 0 Å². The van der Waals surface area contributed by atoms with Crippen molar-refractivity contribution in [3.05, 3.63) is 60.6 Å². The van der Waals surface area contributed by atoms with E-state index < -0.39 is 16.0 Å². The highest BCUT2D eigenvalue weighted by molar-refractivity contribution is 7.89. The molecule has 0 aliphatic carbocycles. The summed E-state index contributed by atoms with van der Waals surface area (Å²) in [6, 6.07) is 10.7. The summed E-state index contributed by atoms with van der Waals surface area (Å²) in [5.41, 5.74) is 2.86. The molecule has 9 nitrogen and oxygen atoms in total. The van der Waals surface area contributed by atoms with Crippen LogP contribution in [0.25, 0.3) is 27.5 Å². The van der Waals surface area contributed by atoms with E-state index in [0.717, 1.165) is 5.39 Å². The van der Waals surface area contributed by atoms with Crippen molar-refractivity contribution in [3.8, 4) is 11.1 Å². The predicted molar refractivity (Wildman–Crippen MR) is 126 cm³/mol. The number of rotatable bonds is 6. The standard InChI is InChI=1S/C24H24N4O5S/c1-33-19-7-10-27(11-8-19)34(31,32)21-5-4-16-3-2-9-25-24(16)23(21)17-6-12-28-20(13-17)18(15-26-28)14-22(29)30/h2-6,9,12-13,15,19H,7-8,10-11,14H2,1H3,(H,29,30). The largest absolute Gasteiger partial charge is 0.481 e. The van der Waals surface area contributed by atoms with Crippen molar-refractivity contribution in [3.63, 3.8) is 0 Å². The Kier molecular flexibility index (Phi) is 5.80. The van der Waals surface area contributed by atoms with Gasteiger partial charge in [-0.25, -0.2) is 12.9 Å². The summed E-state index contributed by atoms with van der Waals surface area (Å²) in [6.07, 6.45) is 6.01. The first-order valence-corrected chi connectivity index (χ1v) is 12.4. The molecule has 1 aliphatic heterocycles. The van der Waals surface area contributed by atoms with Gasteiger partial charge in [0.05, 0.1) is 34.7 Å². The van der Waals surface area contributed by atoms with Crippen LogP contribution in [-0.4, -0.2) is 64.7 Å². The first-order valence-electron chi connectivity index (χ1n) is 11.0. The van der Waals surface area contributed by atoms with E-state index in [4.69, 9.17) is 4.74 Å². The molecule has 0 saturated carbocycles. The molecule has 0 amide bonds. The number of aliphatic carboxylic acids is 1. The fourth-order valence-electron chi connectivity index (χ4n) is 4.55. The summed E-state index contributed by atoms with van der Waals surface area (Å²) in [5.74, 6) is -0.963. The molecule has 1 aliphatic rings. The van der Waals surface area contributed by atoms with Gasteiger partial charge < -0.3 is 9.84 Å². The van der Waals surface area contributed by atoms with Crippen molar-refractivity contribution in [2.24, 2.45) is 0 Å². The molecule has 3 aromatic heterocycles. The Morgan fingerprint density at radius 1 is 1.21 bits per heavy atom. The molecule has 0 bridgehead atoms. The van der Waals surface area contributed by atoms with Crippen molar-refractivity contribution in [1.82, 2.24) is 18.9 Å². The van der Waals surface area contributed by atoms with E-state index in [9.17, 15) is 18.3 Å². The molecule has 10 heteroatoms. The van der Waals surface area contributed by atoms with Crippen LogP contribution in [0.2, 0.25) is 0 Å². The molecule has 0 spiro atoms. The van der Waals surface area contributed by atoms with Crippen molar-refractivity contribution in [2.45, 2.75) is 30.3 Å². The maximum Gasteiger partial charge on any atom is 0.307 e. The summed E-state index contributed by atoms with van der Waals surface area (Å²) in [7, 11) is -2.17.